The summed E-state index contributed by atoms with van der Waals surface area (Å²) in [6.07, 6.45) is 0.224. The van der Waals surface area contributed by atoms with Crippen molar-refractivity contribution in [1.29, 1.82) is 0 Å². The van der Waals surface area contributed by atoms with E-state index in [9.17, 15) is 18.0 Å². The summed E-state index contributed by atoms with van der Waals surface area (Å²) >= 11 is 12.6. The van der Waals surface area contributed by atoms with E-state index in [0.717, 1.165) is 15.4 Å². The van der Waals surface area contributed by atoms with Crippen molar-refractivity contribution in [3.8, 4) is 0 Å². The van der Waals surface area contributed by atoms with Gasteiger partial charge < -0.3 is 10.2 Å². The number of hydrogen-bond acceptors (Lipinski definition) is 4. The van der Waals surface area contributed by atoms with Crippen LogP contribution in [0, 0.1) is 19.8 Å². The Labute approximate surface area is 282 Å². The van der Waals surface area contributed by atoms with E-state index < -0.39 is 28.5 Å². The predicted octanol–water partition coefficient (Wildman–Crippen LogP) is 7.22. The van der Waals surface area contributed by atoms with Crippen LogP contribution >= 0.6 is 23.2 Å². The van der Waals surface area contributed by atoms with Gasteiger partial charge in [-0.1, -0.05) is 97.2 Å². The van der Waals surface area contributed by atoms with Gasteiger partial charge in [-0.25, -0.2) is 8.42 Å². The molecule has 4 aromatic carbocycles. The molecule has 4 aromatic rings. The quantitative estimate of drug-likeness (QED) is 0.162. The molecular weight excluding hydrogens is 641 g/mol. The Balaban J connectivity index is 1.82. The maximum Gasteiger partial charge on any atom is 0.264 e. The van der Waals surface area contributed by atoms with E-state index in [-0.39, 0.29) is 29.7 Å². The average Bonchev–Trinajstić information content (AvgIpc) is 3.01. The molecule has 0 radical (unpaired) electrons. The van der Waals surface area contributed by atoms with E-state index in [4.69, 9.17) is 23.2 Å². The fourth-order valence-electron chi connectivity index (χ4n) is 5.06. The van der Waals surface area contributed by atoms with Crippen LogP contribution in [0.15, 0.2) is 102 Å². The SMILES string of the molecule is Cc1ccc(S(=O)(=O)N(CC(=O)N(Cc2cccc(Cl)c2)[C@H](Cc2ccccc2)C(=O)NCC(C)C)c2ccc(Cl)cc2C)cc1. The van der Waals surface area contributed by atoms with Gasteiger partial charge in [0.1, 0.15) is 12.6 Å². The van der Waals surface area contributed by atoms with Gasteiger partial charge in [0.05, 0.1) is 10.6 Å². The second-order valence-corrected chi connectivity index (χ2v) is 14.5. The van der Waals surface area contributed by atoms with Crippen molar-refractivity contribution in [2.24, 2.45) is 5.92 Å². The molecule has 0 fully saturated rings. The zero-order valence-corrected chi connectivity index (χ0v) is 28.7. The highest BCUT2D eigenvalue weighted by Crippen LogP contribution is 2.30. The first-order valence-corrected chi connectivity index (χ1v) is 17.3. The van der Waals surface area contributed by atoms with E-state index in [1.54, 1.807) is 55.5 Å². The Kier molecular flexibility index (Phi) is 11.9. The van der Waals surface area contributed by atoms with E-state index in [2.05, 4.69) is 5.32 Å². The minimum Gasteiger partial charge on any atom is -0.354 e. The van der Waals surface area contributed by atoms with Crippen LogP contribution in [0.1, 0.15) is 36.1 Å². The minimum atomic E-state index is -4.22. The van der Waals surface area contributed by atoms with Crippen LogP contribution in [-0.2, 0) is 32.6 Å². The third-order valence-corrected chi connectivity index (χ3v) is 9.76. The highest BCUT2D eigenvalue weighted by molar-refractivity contribution is 7.92. The highest BCUT2D eigenvalue weighted by atomic mass is 35.5. The molecule has 46 heavy (non-hydrogen) atoms. The third kappa shape index (κ3) is 9.12. The molecule has 242 valence electrons. The molecule has 2 amide bonds. The third-order valence-electron chi connectivity index (χ3n) is 7.51. The number of amides is 2. The molecule has 0 aromatic heterocycles. The van der Waals surface area contributed by atoms with E-state index in [1.165, 1.54) is 17.0 Å². The molecule has 0 spiro atoms. The maximum absolute atomic E-state index is 14.6. The second-order valence-electron chi connectivity index (χ2n) is 11.8. The zero-order valence-electron chi connectivity index (χ0n) is 26.4. The van der Waals surface area contributed by atoms with Gasteiger partial charge in [0.25, 0.3) is 10.0 Å². The summed E-state index contributed by atoms with van der Waals surface area (Å²) in [7, 11) is -4.22. The molecule has 0 aliphatic carbocycles. The summed E-state index contributed by atoms with van der Waals surface area (Å²) in [5.41, 5.74) is 3.34. The molecule has 0 saturated heterocycles. The van der Waals surface area contributed by atoms with Crippen LogP contribution in [0.25, 0.3) is 0 Å². The molecule has 1 N–H and O–H groups in total. The lowest BCUT2D eigenvalue weighted by Crippen LogP contribution is -2.53. The molecular formula is C36H39Cl2N3O4S. The Hall–Kier alpha value is -3.85. The van der Waals surface area contributed by atoms with Crippen molar-refractivity contribution in [2.75, 3.05) is 17.4 Å². The molecule has 4 rings (SSSR count). The lowest BCUT2D eigenvalue weighted by Gasteiger charge is -2.34. The summed E-state index contributed by atoms with van der Waals surface area (Å²) in [5.74, 6) is -0.699. The number of anilines is 1. The molecule has 0 saturated carbocycles. The number of nitrogens with one attached hydrogen (secondary N) is 1. The van der Waals surface area contributed by atoms with Crippen molar-refractivity contribution in [1.82, 2.24) is 10.2 Å². The molecule has 0 aliphatic heterocycles. The molecule has 0 aliphatic rings. The monoisotopic (exact) mass is 679 g/mol. The van der Waals surface area contributed by atoms with Crippen molar-refractivity contribution in [3.05, 3.63) is 129 Å². The molecule has 10 heteroatoms. The molecule has 7 nitrogen and oxygen atoms in total. The number of sulfonamides is 1. The van der Waals surface area contributed by atoms with Crippen LogP contribution in [0.3, 0.4) is 0 Å². The van der Waals surface area contributed by atoms with Gasteiger partial charge in [-0.15, -0.1) is 0 Å². The molecule has 1 atom stereocenters. The number of carbonyl (C=O) groups is 2. The van der Waals surface area contributed by atoms with Gasteiger partial charge in [0.2, 0.25) is 11.8 Å². The lowest BCUT2D eigenvalue weighted by atomic mass is 10.0. The normalized spacial score (nSPS) is 12.1. The first-order chi connectivity index (χ1) is 21.8. The van der Waals surface area contributed by atoms with Crippen LogP contribution in [0.5, 0.6) is 0 Å². The highest BCUT2D eigenvalue weighted by Gasteiger charge is 2.35. The van der Waals surface area contributed by atoms with Gasteiger partial charge in [0.15, 0.2) is 0 Å². The maximum atomic E-state index is 14.6. The average molecular weight is 681 g/mol. The number of hydrogen-bond donors (Lipinski definition) is 1. The summed E-state index contributed by atoms with van der Waals surface area (Å²) in [5, 5.41) is 3.91. The molecule has 0 bridgehead atoms. The van der Waals surface area contributed by atoms with Crippen molar-refractivity contribution < 1.29 is 18.0 Å². The summed E-state index contributed by atoms with van der Waals surface area (Å²) in [6, 6.07) is 26.9. The number of rotatable bonds is 13. The Morgan fingerprint density at radius 2 is 1.46 bits per heavy atom. The van der Waals surface area contributed by atoms with Crippen molar-refractivity contribution >= 4 is 50.7 Å². The largest absolute Gasteiger partial charge is 0.354 e. The molecule has 0 unspecified atom stereocenters. The van der Waals surface area contributed by atoms with Gasteiger partial charge >= 0.3 is 0 Å². The van der Waals surface area contributed by atoms with Gasteiger partial charge in [-0.05, 0) is 78.9 Å². The number of nitrogens with zero attached hydrogens (tertiary/aromatic N) is 2. The van der Waals surface area contributed by atoms with Gasteiger partial charge in [0, 0.05) is 29.6 Å². The van der Waals surface area contributed by atoms with Crippen LogP contribution in [-0.4, -0.2) is 44.3 Å². The fraction of sp³-hybridized carbons (Fsp3) is 0.278. The first kappa shape index (κ1) is 35.0. The lowest BCUT2D eigenvalue weighted by molar-refractivity contribution is -0.140. The number of carbonyl (C=O) groups excluding carboxylic acids is 2. The summed E-state index contributed by atoms with van der Waals surface area (Å²) in [6.45, 7) is 7.48. The summed E-state index contributed by atoms with van der Waals surface area (Å²) < 4.78 is 29.6. The number of benzene rings is 4. The van der Waals surface area contributed by atoms with Crippen LogP contribution in [0.2, 0.25) is 10.0 Å². The molecule has 0 heterocycles. The van der Waals surface area contributed by atoms with Crippen molar-refractivity contribution in [3.63, 3.8) is 0 Å². The minimum absolute atomic E-state index is 0.0318. The zero-order chi connectivity index (χ0) is 33.4. The van der Waals surface area contributed by atoms with Gasteiger partial charge in [-0.3, -0.25) is 13.9 Å². The fourth-order valence-corrected chi connectivity index (χ4v) is 6.98. The summed E-state index contributed by atoms with van der Waals surface area (Å²) in [4.78, 5) is 30.0. The van der Waals surface area contributed by atoms with E-state index in [1.807, 2.05) is 57.2 Å². The number of aryl methyl sites for hydroxylation is 2. The Morgan fingerprint density at radius 3 is 2.09 bits per heavy atom. The number of halogens is 2. The smallest absolute Gasteiger partial charge is 0.264 e. The Bertz CT molecular complexity index is 1760. The topological polar surface area (TPSA) is 86.8 Å². The predicted molar refractivity (Wildman–Crippen MR) is 186 cm³/mol. The van der Waals surface area contributed by atoms with Gasteiger partial charge in [-0.2, -0.15) is 0 Å². The standard InChI is InChI=1S/C36H39Cl2N3O4S/c1-25(2)22-39-36(43)34(21-28-9-6-5-7-10-28)40(23-29-11-8-12-30(37)20-29)35(42)24-41(33-18-15-31(38)19-27(33)4)46(44,45)32-16-13-26(3)14-17-32/h5-20,25,34H,21-24H2,1-4H3,(H,39,43)/t34-/m1/s1. The van der Waals surface area contributed by atoms with Crippen LogP contribution < -0.4 is 9.62 Å². The Morgan fingerprint density at radius 1 is 0.804 bits per heavy atom. The van der Waals surface area contributed by atoms with E-state index >= 15 is 0 Å². The first-order valence-electron chi connectivity index (χ1n) is 15.1. The second kappa shape index (κ2) is 15.6. The van der Waals surface area contributed by atoms with Crippen molar-refractivity contribution in [2.45, 2.75) is 51.6 Å². The van der Waals surface area contributed by atoms with E-state index in [0.29, 0.717) is 33.4 Å². The van der Waals surface area contributed by atoms with Crippen LogP contribution in [0.4, 0.5) is 5.69 Å².